The number of aromatic amines is 1. The predicted octanol–water partition coefficient (Wildman–Crippen LogP) is 4.47. The fourth-order valence-electron chi connectivity index (χ4n) is 4.04. The fourth-order valence-corrected chi connectivity index (χ4v) is 4.04. The number of rotatable bonds is 5. The number of hydrogen-bond donors (Lipinski definition) is 2. The summed E-state index contributed by atoms with van der Waals surface area (Å²) in [5, 5.41) is 2.85. The molecule has 2 aromatic carbocycles. The summed E-state index contributed by atoms with van der Waals surface area (Å²) in [7, 11) is 1.75. The standard InChI is InChI=1S/C24H24FN5O2/c1-13(2)30-18-11-8-16(12-19(18)29(3)24(30)32)21-20(14-6-9-17(25)10-7-14)26-23(27-21)28-22(31)15-4-5-15/h6-13,15H,4-5H2,1-3H3,(H2,26,27,28,31). The molecule has 4 aromatic rings. The lowest BCUT2D eigenvalue weighted by Crippen LogP contribution is -2.23. The van der Waals surface area contributed by atoms with Crippen LogP contribution in [0.25, 0.3) is 33.5 Å². The Kier molecular flexibility index (Phi) is 4.73. The molecule has 8 heteroatoms. The molecular weight excluding hydrogens is 409 g/mol. The zero-order valence-electron chi connectivity index (χ0n) is 18.1. The van der Waals surface area contributed by atoms with Gasteiger partial charge >= 0.3 is 5.69 Å². The molecule has 0 unspecified atom stereocenters. The van der Waals surface area contributed by atoms with Crippen molar-refractivity contribution in [2.75, 3.05) is 5.32 Å². The van der Waals surface area contributed by atoms with E-state index in [0.29, 0.717) is 17.3 Å². The normalized spacial score (nSPS) is 13.8. The zero-order valence-corrected chi connectivity index (χ0v) is 18.1. The first-order valence-electron chi connectivity index (χ1n) is 10.7. The molecule has 1 aliphatic rings. The van der Waals surface area contributed by atoms with E-state index >= 15 is 0 Å². The number of anilines is 1. The molecule has 1 fully saturated rings. The van der Waals surface area contributed by atoms with E-state index in [4.69, 9.17) is 0 Å². The summed E-state index contributed by atoms with van der Waals surface area (Å²) in [6.45, 7) is 3.95. The monoisotopic (exact) mass is 433 g/mol. The number of carbonyl (C=O) groups is 1. The van der Waals surface area contributed by atoms with Gasteiger partial charge in [0.05, 0.1) is 22.4 Å². The van der Waals surface area contributed by atoms with Gasteiger partial charge in [0.1, 0.15) is 5.82 Å². The first-order valence-corrected chi connectivity index (χ1v) is 10.7. The van der Waals surface area contributed by atoms with Gasteiger partial charge in [-0.2, -0.15) is 0 Å². The SMILES string of the molecule is CC(C)n1c(=O)n(C)c2cc(-c3nc(NC(=O)C4CC4)[nH]c3-c3ccc(F)cc3)ccc21. The van der Waals surface area contributed by atoms with Gasteiger partial charge in [0.2, 0.25) is 11.9 Å². The van der Waals surface area contributed by atoms with Crippen LogP contribution in [-0.2, 0) is 11.8 Å². The van der Waals surface area contributed by atoms with Crippen molar-refractivity contribution in [2.24, 2.45) is 13.0 Å². The molecule has 1 saturated carbocycles. The minimum Gasteiger partial charge on any atom is -0.323 e. The Labute approximate surface area is 183 Å². The molecule has 1 amide bonds. The average Bonchev–Trinajstić information content (AvgIpc) is 3.49. The minimum atomic E-state index is -0.330. The van der Waals surface area contributed by atoms with E-state index in [-0.39, 0.29) is 29.4 Å². The maximum atomic E-state index is 13.5. The van der Waals surface area contributed by atoms with Crippen LogP contribution in [-0.4, -0.2) is 25.0 Å². The second-order valence-electron chi connectivity index (χ2n) is 8.59. The Morgan fingerprint density at radius 3 is 2.47 bits per heavy atom. The molecule has 0 spiro atoms. The van der Waals surface area contributed by atoms with Crippen LogP contribution in [0.15, 0.2) is 47.3 Å². The quantitative estimate of drug-likeness (QED) is 0.487. The van der Waals surface area contributed by atoms with Crippen LogP contribution in [0.3, 0.4) is 0 Å². The first kappa shape index (κ1) is 20.2. The van der Waals surface area contributed by atoms with E-state index in [9.17, 15) is 14.0 Å². The van der Waals surface area contributed by atoms with Crippen molar-refractivity contribution in [3.8, 4) is 22.5 Å². The number of imidazole rings is 2. The van der Waals surface area contributed by atoms with Gasteiger partial charge in [-0.3, -0.25) is 19.2 Å². The van der Waals surface area contributed by atoms with Crippen LogP contribution in [0, 0.1) is 11.7 Å². The lowest BCUT2D eigenvalue weighted by atomic mass is 10.0. The number of aryl methyl sites for hydroxylation is 1. The lowest BCUT2D eigenvalue weighted by molar-refractivity contribution is -0.117. The summed E-state index contributed by atoms with van der Waals surface area (Å²) in [6.07, 6.45) is 1.78. The number of fused-ring (bicyclic) bond motifs is 1. The summed E-state index contributed by atoms with van der Waals surface area (Å²) < 4.78 is 16.9. The number of benzene rings is 2. The number of nitrogens with one attached hydrogen (secondary N) is 2. The van der Waals surface area contributed by atoms with Gasteiger partial charge in [-0.1, -0.05) is 6.07 Å². The molecule has 32 heavy (non-hydrogen) atoms. The Balaban J connectivity index is 1.65. The number of amides is 1. The number of aromatic nitrogens is 4. The summed E-state index contributed by atoms with van der Waals surface area (Å²) in [6, 6.07) is 11.9. The van der Waals surface area contributed by atoms with Gasteiger partial charge in [0, 0.05) is 30.1 Å². The number of halogens is 1. The summed E-state index contributed by atoms with van der Waals surface area (Å²) in [4.78, 5) is 32.8. The third-order valence-corrected chi connectivity index (χ3v) is 5.91. The van der Waals surface area contributed by atoms with Crippen LogP contribution in [0.5, 0.6) is 0 Å². The minimum absolute atomic E-state index is 0.0291. The van der Waals surface area contributed by atoms with Crippen molar-refractivity contribution in [2.45, 2.75) is 32.7 Å². The van der Waals surface area contributed by atoms with E-state index < -0.39 is 0 Å². The molecule has 2 aromatic heterocycles. The Bertz CT molecular complexity index is 1390. The van der Waals surface area contributed by atoms with Crippen molar-refractivity contribution in [1.82, 2.24) is 19.1 Å². The highest BCUT2D eigenvalue weighted by Gasteiger charge is 2.30. The average molecular weight is 433 g/mol. The van der Waals surface area contributed by atoms with E-state index in [1.807, 2.05) is 32.0 Å². The molecule has 7 nitrogen and oxygen atoms in total. The molecule has 164 valence electrons. The number of H-pyrrole nitrogens is 1. The Morgan fingerprint density at radius 1 is 1.12 bits per heavy atom. The highest BCUT2D eigenvalue weighted by molar-refractivity contribution is 5.94. The molecule has 0 radical (unpaired) electrons. The lowest BCUT2D eigenvalue weighted by Gasteiger charge is -2.07. The van der Waals surface area contributed by atoms with Crippen LogP contribution in [0.4, 0.5) is 10.3 Å². The molecule has 2 N–H and O–H groups in total. The van der Waals surface area contributed by atoms with Crippen molar-refractivity contribution >= 4 is 22.9 Å². The largest absolute Gasteiger partial charge is 0.329 e. The number of hydrogen-bond acceptors (Lipinski definition) is 3. The van der Waals surface area contributed by atoms with Crippen molar-refractivity contribution in [3.63, 3.8) is 0 Å². The van der Waals surface area contributed by atoms with Gasteiger partial charge in [-0.25, -0.2) is 14.2 Å². The van der Waals surface area contributed by atoms with Crippen molar-refractivity contribution < 1.29 is 9.18 Å². The van der Waals surface area contributed by atoms with Crippen LogP contribution in [0.1, 0.15) is 32.7 Å². The fraction of sp³-hybridized carbons (Fsp3) is 0.292. The second kappa shape index (κ2) is 7.47. The summed E-state index contributed by atoms with van der Waals surface area (Å²) in [5.74, 6) is 0.00999. The summed E-state index contributed by atoms with van der Waals surface area (Å²) >= 11 is 0. The van der Waals surface area contributed by atoms with Gasteiger partial charge in [0.15, 0.2) is 0 Å². The van der Waals surface area contributed by atoms with Gasteiger partial charge in [-0.15, -0.1) is 0 Å². The Morgan fingerprint density at radius 2 is 1.81 bits per heavy atom. The first-order chi connectivity index (χ1) is 15.3. The van der Waals surface area contributed by atoms with Crippen LogP contribution < -0.4 is 11.0 Å². The smallest absolute Gasteiger partial charge is 0.323 e. The number of carbonyl (C=O) groups excluding carboxylic acids is 1. The molecule has 2 heterocycles. The molecule has 0 bridgehead atoms. The summed E-state index contributed by atoms with van der Waals surface area (Å²) in [5.41, 5.74) is 4.38. The topological polar surface area (TPSA) is 84.7 Å². The van der Waals surface area contributed by atoms with E-state index in [0.717, 1.165) is 35.0 Å². The maximum absolute atomic E-state index is 13.5. The highest BCUT2D eigenvalue weighted by atomic mass is 19.1. The van der Waals surface area contributed by atoms with E-state index in [2.05, 4.69) is 15.3 Å². The zero-order chi connectivity index (χ0) is 22.6. The Hall–Kier alpha value is -3.68. The van der Waals surface area contributed by atoms with Gasteiger partial charge in [0.25, 0.3) is 0 Å². The maximum Gasteiger partial charge on any atom is 0.329 e. The number of nitrogens with zero attached hydrogens (tertiary/aromatic N) is 3. The molecule has 1 aliphatic carbocycles. The highest BCUT2D eigenvalue weighted by Crippen LogP contribution is 2.35. The van der Waals surface area contributed by atoms with Gasteiger partial charge in [-0.05, 0) is 63.1 Å². The van der Waals surface area contributed by atoms with Crippen LogP contribution >= 0.6 is 0 Å². The van der Waals surface area contributed by atoms with Gasteiger partial charge < -0.3 is 4.98 Å². The predicted molar refractivity (Wildman–Crippen MR) is 122 cm³/mol. The third-order valence-electron chi connectivity index (χ3n) is 5.91. The second-order valence-corrected chi connectivity index (χ2v) is 8.59. The van der Waals surface area contributed by atoms with Crippen molar-refractivity contribution in [1.29, 1.82) is 0 Å². The third kappa shape index (κ3) is 3.41. The van der Waals surface area contributed by atoms with Crippen LogP contribution in [0.2, 0.25) is 0 Å². The molecular formula is C24H24FN5O2. The molecule has 0 aliphatic heterocycles. The molecule has 0 atom stereocenters. The molecule has 5 rings (SSSR count). The van der Waals surface area contributed by atoms with E-state index in [1.54, 1.807) is 28.3 Å². The van der Waals surface area contributed by atoms with Crippen molar-refractivity contribution in [3.05, 3.63) is 58.8 Å². The molecule has 0 saturated heterocycles. The van der Waals surface area contributed by atoms with E-state index in [1.165, 1.54) is 12.1 Å².